The Kier molecular flexibility index (Phi) is 3.94. The quantitative estimate of drug-likeness (QED) is 0.838. The molecular formula is C18H24N2O4S. The fourth-order valence-corrected chi connectivity index (χ4v) is 6.23. The van der Waals surface area contributed by atoms with E-state index in [2.05, 4.69) is 0 Å². The molecule has 136 valence electrons. The van der Waals surface area contributed by atoms with Gasteiger partial charge in [-0.1, -0.05) is 30.3 Å². The molecule has 6 nitrogen and oxygen atoms in total. The first kappa shape index (κ1) is 17.0. The Morgan fingerprint density at radius 1 is 1.24 bits per heavy atom. The van der Waals surface area contributed by atoms with Crippen LogP contribution in [-0.4, -0.2) is 65.7 Å². The molecule has 2 aliphatic heterocycles. The van der Waals surface area contributed by atoms with Crippen molar-refractivity contribution in [3.05, 3.63) is 35.9 Å². The second-order valence-electron chi connectivity index (χ2n) is 7.41. The van der Waals surface area contributed by atoms with Crippen LogP contribution in [0, 0.1) is 5.92 Å². The monoisotopic (exact) mass is 364 g/mol. The topological polar surface area (TPSA) is 77.9 Å². The number of carbonyl (C=O) groups is 1. The Balaban J connectivity index is 1.67. The van der Waals surface area contributed by atoms with Gasteiger partial charge in [-0.25, -0.2) is 8.42 Å². The van der Waals surface area contributed by atoms with Crippen LogP contribution in [0.4, 0.5) is 0 Å². The van der Waals surface area contributed by atoms with E-state index < -0.39 is 21.6 Å². The first-order valence-electron chi connectivity index (χ1n) is 8.91. The molecule has 1 aromatic rings. The summed E-state index contributed by atoms with van der Waals surface area (Å²) in [6.45, 7) is 2.27. The Morgan fingerprint density at radius 2 is 1.88 bits per heavy atom. The van der Waals surface area contributed by atoms with Crippen LogP contribution in [0.1, 0.15) is 31.2 Å². The van der Waals surface area contributed by atoms with Crippen LogP contribution in [0.3, 0.4) is 0 Å². The minimum Gasteiger partial charge on any atom is -0.395 e. The van der Waals surface area contributed by atoms with Crippen molar-refractivity contribution < 1.29 is 18.3 Å². The summed E-state index contributed by atoms with van der Waals surface area (Å²) in [7, 11) is -3.45. The van der Waals surface area contributed by atoms with Gasteiger partial charge in [0, 0.05) is 24.9 Å². The van der Waals surface area contributed by atoms with Crippen molar-refractivity contribution in [3.8, 4) is 0 Å². The lowest BCUT2D eigenvalue weighted by Crippen LogP contribution is -2.86. The van der Waals surface area contributed by atoms with Crippen LogP contribution in [0.15, 0.2) is 30.3 Å². The van der Waals surface area contributed by atoms with E-state index in [0.29, 0.717) is 13.1 Å². The molecule has 0 aromatic heterocycles. The van der Waals surface area contributed by atoms with Crippen LogP contribution in [0.5, 0.6) is 0 Å². The molecule has 25 heavy (non-hydrogen) atoms. The zero-order chi connectivity index (χ0) is 17.8. The van der Waals surface area contributed by atoms with E-state index in [1.807, 2.05) is 30.3 Å². The van der Waals surface area contributed by atoms with E-state index >= 15 is 0 Å². The molecule has 1 aromatic carbocycles. The molecule has 2 atom stereocenters. The fraction of sp³-hybridized carbons (Fsp3) is 0.611. The number of aliphatic hydroxyl groups is 1. The fourth-order valence-electron chi connectivity index (χ4n) is 4.57. The van der Waals surface area contributed by atoms with E-state index in [-0.39, 0.29) is 30.1 Å². The SMILES string of the molecule is CCS(=O)(=O)N1[C@@H](CO)[C@H](c2ccccc2)C12CN(C(=O)C1CC1)C2. The van der Waals surface area contributed by atoms with Crippen LogP contribution >= 0.6 is 0 Å². The highest BCUT2D eigenvalue weighted by Crippen LogP contribution is 2.55. The van der Waals surface area contributed by atoms with Gasteiger partial charge in [0.1, 0.15) is 0 Å². The smallest absolute Gasteiger partial charge is 0.225 e. The Labute approximate surface area is 148 Å². The maximum absolute atomic E-state index is 12.7. The van der Waals surface area contributed by atoms with Gasteiger partial charge < -0.3 is 10.0 Å². The Hall–Kier alpha value is -1.44. The van der Waals surface area contributed by atoms with Gasteiger partial charge in [-0.15, -0.1) is 0 Å². The molecule has 4 rings (SSSR count). The number of likely N-dealkylation sites (tertiary alicyclic amines) is 1. The van der Waals surface area contributed by atoms with Crippen molar-refractivity contribution in [3.63, 3.8) is 0 Å². The minimum absolute atomic E-state index is 0.00330. The standard InChI is InChI=1S/C18H24N2O4S/c1-2-25(23,24)20-15(10-21)16(13-6-4-3-5-7-13)18(20)11-19(12-18)17(22)14-8-9-14/h3-7,14-16,21H,2,8-12H2,1H3/t15-,16-/m0/s1. The van der Waals surface area contributed by atoms with Gasteiger partial charge in [-0.2, -0.15) is 4.31 Å². The number of amides is 1. The van der Waals surface area contributed by atoms with Crippen molar-refractivity contribution in [2.24, 2.45) is 5.92 Å². The zero-order valence-corrected chi connectivity index (χ0v) is 15.2. The van der Waals surface area contributed by atoms with Gasteiger partial charge in [-0.3, -0.25) is 4.79 Å². The molecule has 2 saturated heterocycles. The summed E-state index contributed by atoms with van der Waals surface area (Å²) in [6, 6.07) is 9.30. The molecular weight excluding hydrogens is 340 g/mol. The van der Waals surface area contributed by atoms with Crippen molar-refractivity contribution in [1.29, 1.82) is 0 Å². The lowest BCUT2D eigenvalue weighted by atomic mass is 9.63. The number of hydrogen-bond donors (Lipinski definition) is 1. The molecule has 1 saturated carbocycles. The van der Waals surface area contributed by atoms with Crippen LogP contribution in [0.25, 0.3) is 0 Å². The highest BCUT2D eigenvalue weighted by atomic mass is 32.2. The zero-order valence-electron chi connectivity index (χ0n) is 14.3. The molecule has 1 N–H and O–H groups in total. The molecule has 0 unspecified atom stereocenters. The van der Waals surface area contributed by atoms with Gasteiger partial charge in [0.25, 0.3) is 0 Å². The molecule has 2 heterocycles. The summed E-state index contributed by atoms with van der Waals surface area (Å²) in [4.78, 5) is 14.1. The summed E-state index contributed by atoms with van der Waals surface area (Å²) in [5, 5.41) is 9.89. The molecule has 1 amide bonds. The molecule has 1 spiro atoms. The van der Waals surface area contributed by atoms with Crippen molar-refractivity contribution >= 4 is 15.9 Å². The molecule has 3 aliphatic rings. The van der Waals surface area contributed by atoms with Gasteiger partial charge in [0.15, 0.2) is 0 Å². The molecule has 3 fully saturated rings. The van der Waals surface area contributed by atoms with Gasteiger partial charge >= 0.3 is 0 Å². The number of rotatable bonds is 5. The van der Waals surface area contributed by atoms with Crippen LogP contribution in [0.2, 0.25) is 0 Å². The average molecular weight is 364 g/mol. The van der Waals surface area contributed by atoms with E-state index in [0.717, 1.165) is 18.4 Å². The van der Waals surface area contributed by atoms with Crippen molar-refractivity contribution in [2.75, 3.05) is 25.4 Å². The predicted octanol–water partition coefficient (Wildman–Crippen LogP) is 0.787. The highest BCUT2D eigenvalue weighted by Gasteiger charge is 2.70. The minimum atomic E-state index is -3.45. The largest absolute Gasteiger partial charge is 0.395 e. The van der Waals surface area contributed by atoms with Crippen LogP contribution < -0.4 is 0 Å². The number of sulfonamides is 1. The predicted molar refractivity (Wildman–Crippen MR) is 93.4 cm³/mol. The molecule has 1 aliphatic carbocycles. The van der Waals surface area contributed by atoms with E-state index in [1.54, 1.807) is 11.8 Å². The second kappa shape index (κ2) is 5.79. The lowest BCUT2D eigenvalue weighted by Gasteiger charge is -2.69. The third kappa shape index (κ3) is 2.44. The summed E-state index contributed by atoms with van der Waals surface area (Å²) < 4.78 is 26.8. The average Bonchev–Trinajstić information content (AvgIpc) is 3.38. The Bertz CT molecular complexity index is 770. The summed E-state index contributed by atoms with van der Waals surface area (Å²) in [5.74, 6) is 0.211. The number of nitrogens with zero attached hydrogens (tertiary/aromatic N) is 2. The lowest BCUT2D eigenvalue weighted by molar-refractivity contribution is -0.168. The summed E-state index contributed by atoms with van der Waals surface area (Å²) in [5.41, 5.74) is 0.427. The highest BCUT2D eigenvalue weighted by molar-refractivity contribution is 7.89. The third-order valence-corrected chi connectivity index (χ3v) is 7.85. The number of aliphatic hydroxyl groups excluding tert-OH is 1. The molecule has 0 radical (unpaired) electrons. The molecule has 7 heteroatoms. The van der Waals surface area contributed by atoms with E-state index in [4.69, 9.17) is 0 Å². The maximum Gasteiger partial charge on any atom is 0.225 e. The number of carbonyl (C=O) groups excluding carboxylic acids is 1. The Morgan fingerprint density at radius 3 is 2.40 bits per heavy atom. The number of benzene rings is 1. The first-order chi connectivity index (χ1) is 11.9. The van der Waals surface area contributed by atoms with Gasteiger partial charge in [0.05, 0.1) is 23.9 Å². The van der Waals surface area contributed by atoms with E-state index in [9.17, 15) is 18.3 Å². The normalized spacial score (nSPS) is 28.5. The van der Waals surface area contributed by atoms with Crippen LogP contribution in [-0.2, 0) is 14.8 Å². The summed E-state index contributed by atoms with van der Waals surface area (Å²) in [6.07, 6.45) is 1.89. The first-order valence-corrected chi connectivity index (χ1v) is 10.5. The van der Waals surface area contributed by atoms with Crippen molar-refractivity contribution in [2.45, 2.75) is 37.3 Å². The van der Waals surface area contributed by atoms with Gasteiger partial charge in [-0.05, 0) is 25.3 Å². The second-order valence-corrected chi connectivity index (χ2v) is 9.54. The van der Waals surface area contributed by atoms with E-state index in [1.165, 1.54) is 4.31 Å². The third-order valence-electron chi connectivity index (χ3n) is 5.88. The summed E-state index contributed by atoms with van der Waals surface area (Å²) >= 11 is 0. The number of hydrogen-bond acceptors (Lipinski definition) is 4. The van der Waals surface area contributed by atoms with Crippen molar-refractivity contribution in [1.82, 2.24) is 9.21 Å². The maximum atomic E-state index is 12.7. The van der Waals surface area contributed by atoms with Gasteiger partial charge in [0.2, 0.25) is 15.9 Å². The molecule has 0 bridgehead atoms.